The van der Waals surface area contributed by atoms with Crippen LogP contribution in [0.2, 0.25) is 0 Å². The fraction of sp³-hybridized carbons (Fsp3) is 0.895. The number of aliphatic hydroxyl groups excluding tert-OH is 1. The van der Waals surface area contributed by atoms with E-state index in [1.807, 2.05) is 13.8 Å². The van der Waals surface area contributed by atoms with Crippen molar-refractivity contribution in [2.45, 2.75) is 81.6 Å². The van der Waals surface area contributed by atoms with E-state index < -0.39 is 11.5 Å². The van der Waals surface area contributed by atoms with Crippen LogP contribution in [0.4, 0.5) is 4.39 Å². The van der Waals surface area contributed by atoms with Gasteiger partial charge in [-0.3, -0.25) is 9.59 Å². The molecule has 0 unspecified atom stereocenters. The second-order valence-electron chi connectivity index (χ2n) is 8.92. The zero-order valence-electron chi connectivity index (χ0n) is 16.5. The standard InChI is InChI=1S/C10H19FO.C9H18O2/c1-6-9(2,3)7-10(4,5)8(11)12;1-7(2)5-9(3,4)8(11)6-10/h6-7H2,1-5H3;7,10H,5-6H2,1-4H3. The van der Waals surface area contributed by atoms with E-state index in [9.17, 15) is 14.0 Å². The maximum Gasteiger partial charge on any atom is 0.307 e. The fourth-order valence-electron chi connectivity index (χ4n) is 2.74. The third-order valence-electron chi connectivity index (χ3n) is 4.23. The summed E-state index contributed by atoms with van der Waals surface area (Å²) in [6.45, 7) is 17.1. The summed E-state index contributed by atoms with van der Waals surface area (Å²) in [6.07, 6.45) is 2.40. The van der Waals surface area contributed by atoms with E-state index in [0.717, 1.165) is 12.8 Å². The van der Waals surface area contributed by atoms with Gasteiger partial charge in [0.15, 0.2) is 5.78 Å². The molecule has 0 aliphatic heterocycles. The van der Waals surface area contributed by atoms with Crippen molar-refractivity contribution in [2.75, 3.05) is 6.61 Å². The molecule has 0 heterocycles. The minimum absolute atomic E-state index is 0.0469. The Morgan fingerprint density at radius 1 is 1.00 bits per heavy atom. The number of halogens is 1. The van der Waals surface area contributed by atoms with Gasteiger partial charge in [-0.1, -0.05) is 68.7 Å². The summed E-state index contributed by atoms with van der Waals surface area (Å²) in [7, 11) is 0. The first kappa shape index (κ1) is 24.5. The van der Waals surface area contributed by atoms with Crippen LogP contribution in [0.3, 0.4) is 0 Å². The SMILES string of the molecule is CC(C)CC(C)(C)C(=O)CO.CCC(C)(C)CC(C)(C)C(=O)F. The molecule has 138 valence electrons. The summed E-state index contributed by atoms with van der Waals surface area (Å²) in [4.78, 5) is 21.7. The summed E-state index contributed by atoms with van der Waals surface area (Å²) in [5, 5.41) is 8.63. The molecule has 0 fully saturated rings. The van der Waals surface area contributed by atoms with Gasteiger partial charge in [-0.15, -0.1) is 0 Å². The number of carbonyl (C=O) groups is 2. The van der Waals surface area contributed by atoms with Crippen molar-refractivity contribution in [1.82, 2.24) is 0 Å². The van der Waals surface area contributed by atoms with Crippen molar-refractivity contribution >= 4 is 11.8 Å². The van der Waals surface area contributed by atoms with Crippen molar-refractivity contribution in [3.63, 3.8) is 0 Å². The van der Waals surface area contributed by atoms with Crippen LogP contribution in [0, 0.1) is 22.2 Å². The molecule has 0 aromatic rings. The van der Waals surface area contributed by atoms with Crippen molar-refractivity contribution in [3.05, 3.63) is 0 Å². The van der Waals surface area contributed by atoms with Gasteiger partial charge in [-0.25, -0.2) is 0 Å². The minimum atomic E-state index is -1.20. The molecule has 0 aliphatic carbocycles. The van der Waals surface area contributed by atoms with Crippen molar-refractivity contribution in [2.24, 2.45) is 22.2 Å². The Balaban J connectivity index is 0. The summed E-state index contributed by atoms with van der Waals surface area (Å²) in [5.74, 6) is 0.437. The molecule has 0 saturated carbocycles. The van der Waals surface area contributed by atoms with Gasteiger partial charge >= 0.3 is 6.04 Å². The lowest BCUT2D eigenvalue weighted by molar-refractivity contribution is -0.140. The van der Waals surface area contributed by atoms with Crippen LogP contribution in [0.1, 0.15) is 81.6 Å². The van der Waals surface area contributed by atoms with E-state index >= 15 is 0 Å². The molecule has 0 atom stereocenters. The largest absolute Gasteiger partial charge is 0.389 e. The molecule has 0 radical (unpaired) electrons. The van der Waals surface area contributed by atoms with Crippen LogP contribution >= 0.6 is 0 Å². The average molecular weight is 332 g/mol. The maximum absolute atomic E-state index is 12.5. The van der Waals surface area contributed by atoms with Gasteiger partial charge in [0, 0.05) is 5.41 Å². The first-order valence-electron chi connectivity index (χ1n) is 8.45. The zero-order chi connectivity index (χ0) is 19.1. The lowest BCUT2D eigenvalue weighted by atomic mass is 9.74. The monoisotopic (exact) mass is 332 g/mol. The number of ketones is 1. The van der Waals surface area contributed by atoms with E-state index in [0.29, 0.717) is 12.3 Å². The molecule has 0 aromatic heterocycles. The molecule has 0 amide bonds. The highest BCUT2D eigenvalue weighted by Crippen LogP contribution is 2.36. The Hall–Kier alpha value is -0.770. The van der Waals surface area contributed by atoms with Gasteiger partial charge in [0.05, 0.1) is 5.41 Å². The van der Waals surface area contributed by atoms with Crippen LogP contribution < -0.4 is 0 Å². The number of Topliss-reactive ketones (excluding diaryl/α,β-unsaturated/α-hetero) is 1. The normalized spacial score (nSPS) is 12.7. The number of carbonyl (C=O) groups excluding carboxylic acids is 2. The Morgan fingerprint density at radius 3 is 1.70 bits per heavy atom. The van der Waals surface area contributed by atoms with Gasteiger partial charge in [0.25, 0.3) is 0 Å². The fourth-order valence-corrected chi connectivity index (χ4v) is 2.74. The number of rotatable bonds is 8. The number of hydrogen-bond acceptors (Lipinski definition) is 3. The zero-order valence-corrected chi connectivity index (χ0v) is 16.5. The van der Waals surface area contributed by atoms with Crippen LogP contribution in [-0.2, 0) is 9.59 Å². The van der Waals surface area contributed by atoms with Gasteiger partial charge in [-0.2, -0.15) is 4.39 Å². The Labute approximate surface area is 142 Å². The Morgan fingerprint density at radius 2 is 1.43 bits per heavy atom. The second kappa shape index (κ2) is 9.51. The third kappa shape index (κ3) is 10.6. The summed E-state index contributed by atoms with van der Waals surface area (Å²) in [5.41, 5.74) is -1.13. The van der Waals surface area contributed by atoms with Gasteiger partial charge in [0.1, 0.15) is 6.61 Å². The second-order valence-corrected chi connectivity index (χ2v) is 8.92. The maximum atomic E-state index is 12.5. The quantitative estimate of drug-likeness (QED) is 0.639. The molecular weight excluding hydrogens is 295 g/mol. The first-order valence-corrected chi connectivity index (χ1v) is 8.45. The molecule has 0 saturated heterocycles. The molecule has 0 aliphatic rings. The van der Waals surface area contributed by atoms with E-state index in [4.69, 9.17) is 5.11 Å². The van der Waals surface area contributed by atoms with E-state index in [1.165, 1.54) is 0 Å². The number of aliphatic hydroxyl groups is 1. The molecule has 0 aromatic carbocycles. The molecule has 23 heavy (non-hydrogen) atoms. The van der Waals surface area contributed by atoms with E-state index in [2.05, 4.69) is 34.6 Å². The summed E-state index contributed by atoms with van der Waals surface area (Å²) >= 11 is 0. The molecule has 0 rings (SSSR count). The summed E-state index contributed by atoms with van der Waals surface area (Å²) < 4.78 is 12.5. The highest BCUT2D eigenvalue weighted by molar-refractivity contribution is 5.84. The minimum Gasteiger partial charge on any atom is -0.389 e. The third-order valence-corrected chi connectivity index (χ3v) is 4.23. The van der Waals surface area contributed by atoms with Crippen molar-refractivity contribution in [3.8, 4) is 0 Å². The van der Waals surface area contributed by atoms with Gasteiger partial charge < -0.3 is 5.11 Å². The molecule has 3 nitrogen and oxygen atoms in total. The van der Waals surface area contributed by atoms with Crippen LogP contribution in [-0.4, -0.2) is 23.5 Å². The Bertz CT molecular complexity index is 382. The lowest BCUT2D eigenvalue weighted by Crippen LogP contribution is -2.28. The highest BCUT2D eigenvalue weighted by atomic mass is 19.1. The topological polar surface area (TPSA) is 54.4 Å². The average Bonchev–Trinajstić information content (AvgIpc) is 2.35. The van der Waals surface area contributed by atoms with Crippen LogP contribution in [0.25, 0.3) is 0 Å². The van der Waals surface area contributed by atoms with Gasteiger partial charge in [-0.05, 0) is 24.2 Å². The number of hydrogen-bond donors (Lipinski definition) is 1. The molecule has 4 heteroatoms. The Kier molecular flexibility index (Phi) is 10.1. The molecule has 0 bridgehead atoms. The smallest absolute Gasteiger partial charge is 0.307 e. The first-order chi connectivity index (χ1) is 10.1. The van der Waals surface area contributed by atoms with Gasteiger partial charge in [0.2, 0.25) is 0 Å². The lowest BCUT2D eigenvalue weighted by Gasteiger charge is -2.30. The van der Waals surface area contributed by atoms with Crippen LogP contribution in [0.15, 0.2) is 0 Å². The molecular formula is C19H37FO3. The van der Waals surface area contributed by atoms with Crippen molar-refractivity contribution < 1.29 is 19.1 Å². The highest BCUT2D eigenvalue weighted by Gasteiger charge is 2.33. The summed E-state index contributed by atoms with van der Waals surface area (Å²) in [6, 6.07) is -1.20. The predicted molar refractivity (Wildman–Crippen MR) is 93.9 cm³/mol. The molecule has 0 spiro atoms. The molecule has 1 N–H and O–H groups in total. The predicted octanol–water partition coefficient (Wildman–Crippen LogP) is 4.96. The van der Waals surface area contributed by atoms with E-state index in [1.54, 1.807) is 13.8 Å². The van der Waals surface area contributed by atoms with Crippen LogP contribution in [0.5, 0.6) is 0 Å². The van der Waals surface area contributed by atoms with Crippen molar-refractivity contribution in [1.29, 1.82) is 0 Å². The van der Waals surface area contributed by atoms with E-state index in [-0.39, 0.29) is 23.2 Å².